The highest BCUT2D eigenvalue weighted by Gasteiger charge is 2.36. The van der Waals surface area contributed by atoms with Crippen LogP contribution in [0.4, 0.5) is 0 Å². The molecule has 162 valence electrons. The molecule has 0 saturated heterocycles. The molecule has 1 atom stereocenters. The van der Waals surface area contributed by atoms with Crippen molar-refractivity contribution in [1.82, 2.24) is 10.2 Å². The van der Waals surface area contributed by atoms with Crippen LogP contribution in [0.1, 0.15) is 59.2 Å². The first-order valence-electron chi connectivity index (χ1n) is 10.9. The summed E-state index contributed by atoms with van der Waals surface area (Å²) >= 11 is 0. The zero-order chi connectivity index (χ0) is 21.6. The van der Waals surface area contributed by atoms with E-state index in [2.05, 4.69) is 11.4 Å². The van der Waals surface area contributed by atoms with Crippen molar-refractivity contribution in [2.75, 3.05) is 6.54 Å². The molecular formula is C25H28N2O4. The molecule has 0 aliphatic heterocycles. The van der Waals surface area contributed by atoms with Crippen molar-refractivity contribution in [3.63, 3.8) is 0 Å². The van der Waals surface area contributed by atoms with Crippen LogP contribution in [0.25, 0.3) is 0 Å². The zero-order valence-corrected chi connectivity index (χ0v) is 17.8. The fourth-order valence-electron chi connectivity index (χ4n) is 4.23. The summed E-state index contributed by atoms with van der Waals surface area (Å²) in [6, 6.07) is 14.2. The molecule has 6 nitrogen and oxygen atoms in total. The number of nitrogens with one attached hydrogen (secondary N) is 1. The highest BCUT2D eigenvalue weighted by atomic mass is 16.3. The quantitative estimate of drug-likeness (QED) is 0.575. The van der Waals surface area contributed by atoms with Crippen LogP contribution in [0.3, 0.4) is 0 Å². The maximum atomic E-state index is 13.4. The first-order chi connectivity index (χ1) is 15.1. The van der Waals surface area contributed by atoms with E-state index >= 15 is 0 Å². The smallest absolute Gasteiger partial charge is 0.290 e. The predicted octanol–water partition coefficient (Wildman–Crippen LogP) is 4.67. The highest BCUT2D eigenvalue weighted by molar-refractivity contribution is 5.95. The Balaban J connectivity index is 1.63. The van der Waals surface area contributed by atoms with Crippen LogP contribution < -0.4 is 5.32 Å². The Hall–Kier alpha value is -3.28. The second-order valence-electron chi connectivity index (χ2n) is 8.12. The molecule has 2 heterocycles. The topological polar surface area (TPSA) is 75.7 Å². The molecule has 1 aliphatic rings. The summed E-state index contributed by atoms with van der Waals surface area (Å²) in [5, 5.41) is 3.13. The van der Waals surface area contributed by atoms with E-state index in [0.29, 0.717) is 18.7 Å². The second kappa shape index (κ2) is 9.69. The van der Waals surface area contributed by atoms with Crippen molar-refractivity contribution in [3.8, 4) is 0 Å². The maximum absolute atomic E-state index is 13.4. The van der Waals surface area contributed by atoms with Crippen LogP contribution in [0.15, 0.2) is 69.9 Å². The largest absolute Gasteiger partial charge is 0.467 e. The van der Waals surface area contributed by atoms with Crippen molar-refractivity contribution in [2.24, 2.45) is 0 Å². The lowest BCUT2D eigenvalue weighted by Crippen LogP contribution is -2.46. The summed E-state index contributed by atoms with van der Waals surface area (Å²) in [5.74, 6) is 0.0979. The van der Waals surface area contributed by atoms with Gasteiger partial charge in [-0.25, -0.2) is 0 Å². The number of furan rings is 2. The van der Waals surface area contributed by atoms with Gasteiger partial charge in [-0.3, -0.25) is 9.59 Å². The number of nitrogens with zero attached hydrogens (tertiary/aromatic N) is 1. The lowest BCUT2D eigenvalue weighted by molar-refractivity contribution is -0.127. The molecule has 4 rings (SSSR count). The monoisotopic (exact) mass is 420 g/mol. The molecule has 1 aromatic carbocycles. The summed E-state index contributed by atoms with van der Waals surface area (Å²) < 4.78 is 11.0. The molecule has 6 heteroatoms. The van der Waals surface area contributed by atoms with Gasteiger partial charge in [-0.1, -0.05) is 42.7 Å². The lowest BCUT2D eigenvalue weighted by Gasteiger charge is -2.30. The van der Waals surface area contributed by atoms with Crippen LogP contribution >= 0.6 is 0 Å². The summed E-state index contributed by atoms with van der Waals surface area (Å²) in [5.41, 5.74) is 2.26. The molecule has 1 fully saturated rings. The first-order valence-corrected chi connectivity index (χ1v) is 10.9. The fourth-order valence-corrected chi connectivity index (χ4v) is 4.23. The minimum absolute atomic E-state index is 0.141. The second-order valence-corrected chi connectivity index (χ2v) is 8.12. The van der Waals surface area contributed by atoms with Gasteiger partial charge in [0.25, 0.3) is 11.8 Å². The van der Waals surface area contributed by atoms with Gasteiger partial charge in [0.1, 0.15) is 5.76 Å². The predicted molar refractivity (Wildman–Crippen MR) is 116 cm³/mol. The van der Waals surface area contributed by atoms with Gasteiger partial charge < -0.3 is 19.1 Å². The summed E-state index contributed by atoms with van der Waals surface area (Å²) in [6.45, 7) is 2.39. The maximum Gasteiger partial charge on any atom is 0.290 e. The van der Waals surface area contributed by atoms with Crippen molar-refractivity contribution in [1.29, 1.82) is 0 Å². The molecule has 1 N–H and O–H groups in total. The van der Waals surface area contributed by atoms with Gasteiger partial charge in [-0.15, -0.1) is 0 Å². The Morgan fingerprint density at radius 1 is 1.06 bits per heavy atom. The minimum atomic E-state index is -0.863. The van der Waals surface area contributed by atoms with Crippen LogP contribution in [0.2, 0.25) is 0 Å². The molecule has 31 heavy (non-hydrogen) atoms. The molecule has 0 bridgehead atoms. The van der Waals surface area contributed by atoms with E-state index < -0.39 is 6.04 Å². The normalized spacial score (nSPS) is 15.0. The molecule has 0 radical (unpaired) electrons. The van der Waals surface area contributed by atoms with Gasteiger partial charge in [-0.05, 0) is 56.0 Å². The highest BCUT2D eigenvalue weighted by Crippen LogP contribution is 2.26. The number of benzene rings is 1. The summed E-state index contributed by atoms with van der Waals surface area (Å²) in [6.07, 6.45) is 7.76. The van der Waals surface area contributed by atoms with Crippen LogP contribution in [0, 0.1) is 6.92 Å². The Kier molecular flexibility index (Phi) is 6.55. The Morgan fingerprint density at radius 2 is 1.84 bits per heavy atom. The van der Waals surface area contributed by atoms with Crippen molar-refractivity contribution in [2.45, 2.75) is 51.1 Å². The minimum Gasteiger partial charge on any atom is -0.467 e. The molecule has 2 aromatic heterocycles. The molecule has 3 aromatic rings. The third-order valence-corrected chi connectivity index (χ3v) is 5.79. The third kappa shape index (κ3) is 5.08. The van der Waals surface area contributed by atoms with E-state index in [1.54, 1.807) is 29.2 Å². The molecule has 1 aliphatic carbocycles. The summed E-state index contributed by atoms with van der Waals surface area (Å²) in [7, 11) is 0. The SMILES string of the molecule is Cc1cccc(CCN(C(=O)c2ccco2)C(C(=O)NC2CCCC2)c2ccco2)c1. The molecule has 0 spiro atoms. The van der Waals surface area contributed by atoms with E-state index in [1.165, 1.54) is 12.5 Å². The van der Waals surface area contributed by atoms with Crippen molar-refractivity contribution >= 4 is 11.8 Å². The number of amides is 2. The molecular weight excluding hydrogens is 392 g/mol. The van der Waals surface area contributed by atoms with E-state index in [4.69, 9.17) is 8.83 Å². The lowest BCUT2D eigenvalue weighted by atomic mass is 10.1. The first kappa shape index (κ1) is 21.0. The number of carbonyl (C=O) groups excluding carboxylic acids is 2. The Morgan fingerprint density at radius 3 is 2.52 bits per heavy atom. The number of hydrogen-bond acceptors (Lipinski definition) is 4. The van der Waals surface area contributed by atoms with Gasteiger partial charge in [0.15, 0.2) is 11.8 Å². The number of carbonyl (C=O) groups is 2. The van der Waals surface area contributed by atoms with Crippen LogP contribution in [-0.2, 0) is 11.2 Å². The van der Waals surface area contributed by atoms with Gasteiger partial charge in [0.2, 0.25) is 0 Å². The average molecular weight is 421 g/mol. The van der Waals surface area contributed by atoms with Crippen molar-refractivity contribution in [3.05, 3.63) is 83.7 Å². The molecule has 2 amide bonds. The molecule has 1 saturated carbocycles. The van der Waals surface area contributed by atoms with E-state index in [9.17, 15) is 9.59 Å². The number of hydrogen-bond donors (Lipinski definition) is 1. The molecule has 1 unspecified atom stereocenters. The van der Waals surface area contributed by atoms with Gasteiger partial charge in [-0.2, -0.15) is 0 Å². The Bertz CT molecular complexity index is 988. The van der Waals surface area contributed by atoms with Gasteiger partial charge in [0.05, 0.1) is 12.5 Å². The fraction of sp³-hybridized carbons (Fsp3) is 0.360. The van der Waals surface area contributed by atoms with Crippen LogP contribution in [0.5, 0.6) is 0 Å². The third-order valence-electron chi connectivity index (χ3n) is 5.79. The summed E-state index contributed by atoms with van der Waals surface area (Å²) in [4.78, 5) is 28.3. The Labute approximate surface area is 182 Å². The van der Waals surface area contributed by atoms with E-state index in [-0.39, 0.29) is 23.6 Å². The van der Waals surface area contributed by atoms with Crippen molar-refractivity contribution < 1.29 is 18.4 Å². The zero-order valence-electron chi connectivity index (χ0n) is 17.8. The number of aryl methyl sites for hydroxylation is 1. The van der Waals surface area contributed by atoms with Crippen LogP contribution in [-0.4, -0.2) is 29.3 Å². The standard InChI is InChI=1S/C25H28N2O4/c1-18-7-4-8-19(17-18)13-14-27(25(29)22-12-6-16-31-22)23(21-11-5-15-30-21)24(28)26-20-9-2-3-10-20/h4-8,11-12,15-17,20,23H,2-3,9-10,13-14H2,1H3,(H,26,28). The van der Waals surface area contributed by atoms with Gasteiger partial charge in [0, 0.05) is 12.6 Å². The van der Waals surface area contributed by atoms with E-state index in [0.717, 1.165) is 36.8 Å². The van der Waals surface area contributed by atoms with Gasteiger partial charge >= 0.3 is 0 Å². The number of rotatable bonds is 8. The average Bonchev–Trinajstić information content (AvgIpc) is 3.54. The van der Waals surface area contributed by atoms with E-state index in [1.807, 2.05) is 25.1 Å².